The van der Waals surface area contributed by atoms with Gasteiger partial charge in [0.15, 0.2) is 0 Å². The predicted molar refractivity (Wildman–Crippen MR) is 109 cm³/mol. The number of benzene rings is 1. The number of rotatable bonds is 6. The molecule has 1 aliphatic rings. The third-order valence-electron chi connectivity index (χ3n) is 4.31. The summed E-state index contributed by atoms with van der Waals surface area (Å²) in [5, 5.41) is 6.12. The van der Waals surface area contributed by atoms with Crippen molar-refractivity contribution in [2.75, 3.05) is 32.1 Å². The van der Waals surface area contributed by atoms with Crippen molar-refractivity contribution >= 4 is 34.0 Å². The Bertz CT molecular complexity index is 736. The van der Waals surface area contributed by atoms with Gasteiger partial charge in [0, 0.05) is 18.3 Å². The fourth-order valence-corrected chi connectivity index (χ4v) is 4.55. The average Bonchev–Trinajstić information content (AvgIpc) is 2.54. The number of nitrogens with one attached hydrogen (secondary N) is 3. The monoisotopic (exact) mass is 419 g/mol. The highest BCUT2D eigenvalue weighted by molar-refractivity contribution is 7.89. The lowest BCUT2D eigenvalue weighted by Gasteiger charge is -2.35. The van der Waals surface area contributed by atoms with E-state index in [0.717, 1.165) is 13.1 Å². The van der Waals surface area contributed by atoms with E-state index >= 15 is 0 Å². The molecule has 0 saturated carbocycles. The Balaban J connectivity index is 0.00000364. The Morgan fingerprint density at radius 2 is 1.89 bits per heavy atom. The molecular formula is C18H30ClN3O4S. The molecule has 3 N–H and O–H groups in total. The van der Waals surface area contributed by atoms with Crippen LogP contribution in [-0.4, -0.2) is 46.7 Å². The fraction of sp³-hybridized carbons (Fsp3) is 0.611. The number of amides is 1. The minimum atomic E-state index is -3.66. The van der Waals surface area contributed by atoms with E-state index in [2.05, 4.69) is 15.4 Å². The summed E-state index contributed by atoms with van der Waals surface area (Å²) in [7, 11) is -2.08. The quantitative estimate of drug-likeness (QED) is 0.656. The highest BCUT2D eigenvalue weighted by Gasteiger charge is 2.39. The molecular weight excluding hydrogens is 390 g/mol. The van der Waals surface area contributed by atoms with Crippen molar-refractivity contribution < 1.29 is 17.9 Å². The van der Waals surface area contributed by atoms with Crippen LogP contribution in [0.25, 0.3) is 0 Å². The summed E-state index contributed by atoms with van der Waals surface area (Å²) in [4.78, 5) is 13.0. The Morgan fingerprint density at radius 3 is 2.44 bits per heavy atom. The maximum absolute atomic E-state index is 12.9. The van der Waals surface area contributed by atoms with Crippen molar-refractivity contribution in [2.24, 2.45) is 5.41 Å². The average molecular weight is 420 g/mol. The molecule has 2 rings (SSSR count). The number of hydrogen-bond donors (Lipinski definition) is 3. The molecule has 1 saturated heterocycles. The van der Waals surface area contributed by atoms with E-state index in [4.69, 9.17) is 4.74 Å². The molecule has 0 aromatic heterocycles. The number of carbonyl (C=O) groups is 1. The predicted octanol–water partition coefficient (Wildman–Crippen LogP) is 2.14. The SMILES string of the molecule is COCC1(C(=O)Nc2cccc(S(=O)(=O)NC(C)(C)C)c2)CCNCC1.Cl. The second kappa shape index (κ2) is 9.34. The highest BCUT2D eigenvalue weighted by atomic mass is 35.5. The van der Waals surface area contributed by atoms with Crippen molar-refractivity contribution in [3.63, 3.8) is 0 Å². The van der Waals surface area contributed by atoms with E-state index in [1.165, 1.54) is 12.1 Å². The van der Waals surface area contributed by atoms with Crippen LogP contribution in [0.15, 0.2) is 29.2 Å². The van der Waals surface area contributed by atoms with E-state index in [9.17, 15) is 13.2 Å². The van der Waals surface area contributed by atoms with Crippen molar-refractivity contribution in [2.45, 2.75) is 44.0 Å². The molecule has 1 heterocycles. The number of methoxy groups -OCH3 is 1. The van der Waals surface area contributed by atoms with Gasteiger partial charge in [-0.3, -0.25) is 4.79 Å². The van der Waals surface area contributed by atoms with Crippen LogP contribution in [0.2, 0.25) is 0 Å². The zero-order valence-corrected chi connectivity index (χ0v) is 17.9. The maximum Gasteiger partial charge on any atom is 0.241 e. The van der Waals surface area contributed by atoms with Crippen LogP contribution < -0.4 is 15.4 Å². The highest BCUT2D eigenvalue weighted by Crippen LogP contribution is 2.31. The smallest absolute Gasteiger partial charge is 0.241 e. The van der Waals surface area contributed by atoms with Crippen LogP contribution in [0, 0.1) is 5.41 Å². The number of anilines is 1. The number of ether oxygens (including phenoxy) is 1. The lowest BCUT2D eigenvalue weighted by molar-refractivity contribution is -0.130. The first-order valence-corrected chi connectivity index (χ1v) is 10.2. The molecule has 0 spiro atoms. The molecule has 27 heavy (non-hydrogen) atoms. The molecule has 9 heteroatoms. The molecule has 0 bridgehead atoms. The van der Waals surface area contributed by atoms with Crippen LogP contribution in [0.3, 0.4) is 0 Å². The van der Waals surface area contributed by atoms with E-state index in [0.29, 0.717) is 25.1 Å². The Hall–Kier alpha value is -1.19. The summed E-state index contributed by atoms with van der Waals surface area (Å²) >= 11 is 0. The van der Waals surface area contributed by atoms with Gasteiger partial charge in [-0.25, -0.2) is 13.1 Å². The Kier molecular flexibility index (Phi) is 8.25. The van der Waals surface area contributed by atoms with E-state index in [-0.39, 0.29) is 23.2 Å². The molecule has 0 aliphatic carbocycles. The van der Waals surface area contributed by atoms with Gasteiger partial charge >= 0.3 is 0 Å². The van der Waals surface area contributed by atoms with Crippen molar-refractivity contribution in [1.82, 2.24) is 10.0 Å². The number of piperidine rings is 1. The summed E-state index contributed by atoms with van der Waals surface area (Å²) in [6.45, 7) is 7.18. The lowest BCUT2D eigenvalue weighted by Crippen LogP contribution is -2.47. The molecule has 1 aliphatic heterocycles. The molecule has 7 nitrogen and oxygen atoms in total. The van der Waals surface area contributed by atoms with Crippen molar-refractivity contribution in [1.29, 1.82) is 0 Å². The van der Waals surface area contributed by atoms with Gasteiger partial charge in [-0.15, -0.1) is 12.4 Å². The zero-order chi connectivity index (χ0) is 19.4. The first kappa shape index (κ1) is 23.8. The van der Waals surface area contributed by atoms with E-state index in [1.807, 2.05) is 0 Å². The zero-order valence-electron chi connectivity index (χ0n) is 16.3. The molecule has 0 radical (unpaired) electrons. The van der Waals surface area contributed by atoms with Gasteiger partial charge in [-0.05, 0) is 64.9 Å². The third kappa shape index (κ3) is 6.43. The number of halogens is 1. The van der Waals surface area contributed by atoms with Gasteiger partial charge < -0.3 is 15.4 Å². The van der Waals surface area contributed by atoms with Crippen molar-refractivity contribution in [3.8, 4) is 0 Å². The summed E-state index contributed by atoms with van der Waals surface area (Å²) in [5.41, 5.74) is -0.727. The molecule has 0 atom stereocenters. The van der Waals surface area contributed by atoms with E-state index < -0.39 is 21.0 Å². The van der Waals surface area contributed by atoms with Gasteiger partial charge in [0.25, 0.3) is 0 Å². The van der Waals surface area contributed by atoms with Crippen LogP contribution in [0.4, 0.5) is 5.69 Å². The molecule has 1 aromatic carbocycles. The summed E-state index contributed by atoms with van der Waals surface area (Å²) in [5.74, 6) is -0.140. The summed E-state index contributed by atoms with van der Waals surface area (Å²) in [6.07, 6.45) is 1.35. The second-order valence-corrected chi connectivity index (χ2v) is 9.48. The first-order valence-electron chi connectivity index (χ1n) is 8.73. The first-order chi connectivity index (χ1) is 12.1. The number of carbonyl (C=O) groups excluding carboxylic acids is 1. The molecule has 154 valence electrons. The molecule has 1 fully saturated rings. The maximum atomic E-state index is 12.9. The minimum absolute atomic E-state index is 0. The molecule has 1 amide bonds. The van der Waals surface area contributed by atoms with E-state index in [1.54, 1.807) is 40.0 Å². The van der Waals surface area contributed by atoms with Crippen LogP contribution in [0.1, 0.15) is 33.6 Å². The largest absolute Gasteiger partial charge is 0.384 e. The minimum Gasteiger partial charge on any atom is -0.384 e. The van der Waals surface area contributed by atoms with Crippen LogP contribution in [-0.2, 0) is 19.6 Å². The van der Waals surface area contributed by atoms with Gasteiger partial charge in [0.05, 0.1) is 16.9 Å². The van der Waals surface area contributed by atoms with Gasteiger partial charge in [-0.2, -0.15) is 0 Å². The van der Waals surface area contributed by atoms with Crippen LogP contribution in [0.5, 0.6) is 0 Å². The lowest BCUT2D eigenvalue weighted by atomic mass is 9.78. The summed E-state index contributed by atoms with van der Waals surface area (Å²) in [6, 6.07) is 6.31. The summed E-state index contributed by atoms with van der Waals surface area (Å²) < 4.78 is 32.9. The van der Waals surface area contributed by atoms with Gasteiger partial charge in [-0.1, -0.05) is 6.07 Å². The Labute approximate surface area is 168 Å². The number of sulfonamides is 1. The molecule has 1 aromatic rings. The molecule has 0 unspecified atom stereocenters. The number of hydrogen-bond acceptors (Lipinski definition) is 5. The standard InChI is InChI=1S/C18H29N3O4S.ClH/c1-17(2,3)21-26(23,24)15-7-5-6-14(12-15)20-16(22)18(13-25-4)8-10-19-11-9-18;/h5-7,12,19,21H,8-11,13H2,1-4H3,(H,20,22);1H. The Morgan fingerprint density at radius 1 is 1.26 bits per heavy atom. The van der Waals surface area contributed by atoms with Crippen molar-refractivity contribution in [3.05, 3.63) is 24.3 Å². The van der Waals surface area contributed by atoms with Crippen LogP contribution >= 0.6 is 12.4 Å². The van der Waals surface area contributed by atoms with Gasteiger partial charge in [0.2, 0.25) is 15.9 Å². The second-order valence-electron chi connectivity index (χ2n) is 7.80. The third-order valence-corrected chi connectivity index (χ3v) is 6.06. The normalized spacial score (nSPS) is 17.0. The topological polar surface area (TPSA) is 96.5 Å². The fourth-order valence-electron chi connectivity index (χ4n) is 3.09. The van der Waals surface area contributed by atoms with Gasteiger partial charge in [0.1, 0.15) is 0 Å².